The van der Waals surface area contributed by atoms with Gasteiger partial charge in [0.15, 0.2) is 0 Å². The lowest BCUT2D eigenvalue weighted by atomic mass is 9.98. The quantitative estimate of drug-likeness (QED) is 0.731. The van der Waals surface area contributed by atoms with Gasteiger partial charge in [-0.25, -0.2) is 0 Å². The van der Waals surface area contributed by atoms with Crippen LogP contribution in [0.2, 0.25) is 0 Å². The molecule has 0 spiro atoms. The molecule has 5 heteroatoms. The molecule has 1 saturated heterocycles. The Hall–Kier alpha value is -1.10. The summed E-state index contributed by atoms with van der Waals surface area (Å²) in [4.78, 5) is 25.6. The molecule has 0 aromatic heterocycles. The Morgan fingerprint density at radius 1 is 1.19 bits per heavy atom. The molecule has 0 radical (unpaired) electrons. The summed E-state index contributed by atoms with van der Waals surface area (Å²) >= 11 is 0. The second-order valence-corrected chi connectivity index (χ2v) is 6.50. The number of nitrogens with one attached hydrogen (secondary N) is 1. The smallest absolute Gasteiger partial charge is 0.222 e. The van der Waals surface area contributed by atoms with E-state index in [0.717, 1.165) is 64.5 Å². The predicted octanol–water partition coefficient (Wildman–Crippen LogP) is 1.59. The summed E-state index contributed by atoms with van der Waals surface area (Å²) in [5.41, 5.74) is -0.773. The zero-order valence-electron chi connectivity index (χ0n) is 12.9. The topological polar surface area (TPSA) is 69.6 Å². The van der Waals surface area contributed by atoms with Crippen LogP contribution < -0.4 is 5.32 Å². The Morgan fingerprint density at radius 2 is 1.95 bits per heavy atom. The monoisotopic (exact) mass is 296 g/mol. The Bertz CT molecular complexity index is 365. The number of amides is 2. The van der Waals surface area contributed by atoms with Crippen molar-refractivity contribution in [2.24, 2.45) is 0 Å². The van der Waals surface area contributed by atoms with Crippen molar-refractivity contribution in [3.63, 3.8) is 0 Å². The van der Waals surface area contributed by atoms with Crippen LogP contribution in [0.1, 0.15) is 64.2 Å². The lowest BCUT2D eigenvalue weighted by molar-refractivity contribution is -0.130. The van der Waals surface area contributed by atoms with E-state index < -0.39 is 5.60 Å². The zero-order valence-corrected chi connectivity index (χ0v) is 12.9. The Balaban J connectivity index is 1.60. The molecule has 2 rings (SSSR count). The lowest BCUT2D eigenvalue weighted by Gasteiger charge is -2.22. The lowest BCUT2D eigenvalue weighted by Crippen LogP contribution is -2.37. The van der Waals surface area contributed by atoms with E-state index in [9.17, 15) is 14.7 Å². The van der Waals surface area contributed by atoms with Crippen LogP contribution in [-0.2, 0) is 9.59 Å². The van der Waals surface area contributed by atoms with Gasteiger partial charge in [-0.05, 0) is 32.1 Å². The third-order valence-electron chi connectivity index (χ3n) is 4.62. The number of hydrogen-bond donors (Lipinski definition) is 2. The molecule has 120 valence electrons. The minimum Gasteiger partial charge on any atom is -0.389 e. The highest BCUT2D eigenvalue weighted by Gasteiger charge is 2.33. The van der Waals surface area contributed by atoms with Gasteiger partial charge in [0, 0.05) is 26.1 Å². The molecular weight excluding hydrogens is 268 g/mol. The summed E-state index contributed by atoms with van der Waals surface area (Å²) in [6.45, 7) is 2.16. The van der Waals surface area contributed by atoms with Crippen molar-refractivity contribution >= 4 is 11.8 Å². The molecule has 1 aliphatic carbocycles. The second-order valence-electron chi connectivity index (χ2n) is 6.50. The number of hydrogen-bond acceptors (Lipinski definition) is 3. The van der Waals surface area contributed by atoms with Gasteiger partial charge in [-0.1, -0.05) is 19.3 Å². The summed E-state index contributed by atoms with van der Waals surface area (Å²) in [5.74, 6) is 0.181. The number of rotatable bonds is 6. The summed E-state index contributed by atoms with van der Waals surface area (Å²) in [6.07, 6.45) is 8.41. The molecule has 0 unspecified atom stereocenters. The molecule has 0 atom stereocenters. The van der Waals surface area contributed by atoms with Crippen molar-refractivity contribution in [3.05, 3.63) is 0 Å². The van der Waals surface area contributed by atoms with Gasteiger partial charge >= 0.3 is 0 Å². The van der Waals surface area contributed by atoms with Gasteiger partial charge in [0.2, 0.25) is 11.8 Å². The molecule has 0 aromatic carbocycles. The number of aliphatic hydroxyl groups is 1. The minimum absolute atomic E-state index is 0.0680. The fourth-order valence-corrected chi connectivity index (χ4v) is 3.34. The number of carbonyl (C=O) groups is 2. The predicted molar refractivity (Wildman–Crippen MR) is 80.7 cm³/mol. The Morgan fingerprint density at radius 3 is 2.71 bits per heavy atom. The molecule has 0 bridgehead atoms. The highest BCUT2D eigenvalue weighted by molar-refractivity contribution is 5.77. The van der Waals surface area contributed by atoms with Crippen molar-refractivity contribution in [2.75, 3.05) is 19.6 Å². The van der Waals surface area contributed by atoms with Gasteiger partial charge in [0.05, 0.1) is 12.0 Å². The first-order valence-corrected chi connectivity index (χ1v) is 8.36. The van der Waals surface area contributed by atoms with Crippen LogP contribution in [-0.4, -0.2) is 47.1 Å². The maximum Gasteiger partial charge on any atom is 0.222 e. The molecule has 0 aromatic rings. The van der Waals surface area contributed by atoms with Crippen molar-refractivity contribution < 1.29 is 14.7 Å². The van der Waals surface area contributed by atoms with Gasteiger partial charge < -0.3 is 15.3 Å². The number of nitrogens with zero attached hydrogens (tertiary/aromatic N) is 1. The first kappa shape index (κ1) is 16.3. The molecule has 2 fully saturated rings. The molecule has 21 heavy (non-hydrogen) atoms. The summed E-state index contributed by atoms with van der Waals surface area (Å²) in [6, 6.07) is 0. The van der Waals surface area contributed by atoms with Crippen LogP contribution in [0.3, 0.4) is 0 Å². The SMILES string of the molecule is O=C(CC1(O)CCCC1)NCCCN1CCCCCC1=O. The number of likely N-dealkylation sites (tertiary alicyclic amines) is 1. The Labute approximate surface area is 127 Å². The average molecular weight is 296 g/mol. The summed E-state index contributed by atoms with van der Waals surface area (Å²) in [7, 11) is 0. The molecular formula is C16H28N2O3. The molecule has 2 N–H and O–H groups in total. The van der Waals surface area contributed by atoms with Crippen LogP contribution in [0.5, 0.6) is 0 Å². The maximum atomic E-state index is 11.8. The molecule has 5 nitrogen and oxygen atoms in total. The van der Waals surface area contributed by atoms with E-state index in [1.165, 1.54) is 0 Å². The van der Waals surface area contributed by atoms with Gasteiger partial charge in [0.25, 0.3) is 0 Å². The van der Waals surface area contributed by atoms with Crippen molar-refractivity contribution in [3.8, 4) is 0 Å². The third kappa shape index (κ3) is 5.30. The van der Waals surface area contributed by atoms with Gasteiger partial charge in [0.1, 0.15) is 0 Å². The van der Waals surface area contributed by atoms with E-state index in [0.29, 0.717) is 13.0 Å². The van der Waals surface area contributed by atoms with E-state index in [-0.39, 0.29) is 18.2 Å². The fourth-order valence-electron chi connectivity index (χ4n) is 3.34. The minimum atomic E-state index is -0.773. The summed E-state index contributed by atoms with van der Waals surface area (Å²) < 4.78 is 0. The molecule has 1 aliphatic heterocycles. The highest BCUT2D eigenvalue weighted by atomic mass is 16.3. The van der Waals surface area contributed by atoms with Crippen LogP contribution in [0.15, 0.2) is 0 Å². The molecule has 1 saturated carbocycles. The number of carbonyl (C=O) groups excluding carboxylic acids is 2. The van der Waals surface area contributed by atoms with Crippen LogP contribution in [0.4, 0.5) is 0 Å². The van der Waals surface area contributed by atoms with Crippen molar-refractivity contribution in [1.82, 2.24) is 10.2 Å². The van der Waals surface area contributed by atoms with E-state index in [2.05, 4.69) is 5.32 Å². The van der Waals surface area contributed by atoms with Gasteiger partial charge in [-0.2, -0.15) is 0 Å². The normalized spacial score (nSPS) is 22.1. The van der Waals surface area contributed by atoms with Crippen molar-refractivity contribution in [1.29, 1.82) is 0 Å². The van der Waals surface area contributed by atoms with Crippen LogP contribution in [0.25, 0.3) is 0 Å². The van der Waals surface area contributed by atoms with Gasteiger partial charge in [-0.3, -0.25) is 9.59 Å². The highest BCUT2D eigenvalue weighted by Crippen LogP contribution is 2.32. The Kier molecular flexibility index (Phi) is 6.03. The van der Waals surface area contributed by atoms with E-state index in [1.807, 2.05) is 4.90 Å². The standard InChI is InChI=1S/C16H28N2O3/c19-14(13-16(21)8-3-4-9-16)17-10-6-12-18-11-5-1-2-7-15(18)20/h21H,1-13H2,(H,17,19). The second kappa shape index (κ2) is 7.78. The van der Waals surface area contributed by atoms with E-state index >= 15 is 0 Å². The average Bonchev–Trinajstić information content (AvgIpc) is 2.75. The van der Waals surface area contributed by atoms with E-state index in [4.69, 9.17) is 0 Å². The summed E-state index contributed by atoms with van der Waals surface area (Å²) in [5, 5.41) is 13.0. The molecule has 2 amide bonds. The van der Waals surface area contributed by atoms with Crippen LogP contribution >= 0.6 is 0 Å². The van der Waals surface area contributed by atoms with Crippen molar-refractivity contribution in [2.45, 2.75) is 69.8 Å². The molecule has 1 heterocycles. The van der Waals surface area contributed by atoms with Gasteiger partial charge in [-0.15, -0.1) is 0 Å². The first-order chi connectivity index (χ1) is 10.1. The first-order valence-electron chi connectivity index (χ1n) is 8.36. The largest absolute Gasteiger partial charge is 0.389 e. The fraction of sp³-hybridized carbons (Fsp3) is 0.875. The van der Waals surface area contributed by atoms with E-state index in [1.54, 1.807) is 0 Å². The third-order valence-corrected chi connectivity index (χ3v) is 4.62. The molecule has 2 aliphatic rings. The van der Waals surface area contributed by atoms with Crippen LogP contribution in [0, 0.1) is 0 Å². The zero-order chi connectivity index (χ0) is 15.1. The maximum absolute atomic E-state index is 11.8.